The predicted molar refractivity (Wildman–Crippen MR) is 225 cm³/mol. The Bertz CT molecular complexity index is 1570. The van der Waals surface area contributed by atoms with Gasteiger partial charge in [0, 0.05) is 19.6 Å². The van der Waals surface area contributed by atoms with E-state index in [9.17, 15) is 48.6 Å². The number of aliphatic carboxylic acids is 1. The van der Waals surface area contributed by atoms with Gasteiger partial charge in [-0.2, -0.15) is 0 Å². The summed E-state index contributed by atoms with van der Waals surface area (Å²) in [5.74, 6) is -6.85. The summed E-state index contributed by atoms with van der Waals surface area (Å²) in [4.78, 5) is 113. The molecular weight excluding hydrogens is 800 g/mol. The fraction of sp³-hybridized carbons (Fsp3) is 0.730. The molecule has 18 N–H and O–H groups in total. The molecule has 0 saturated carbocycles. The van der Waals surface area contributed by atoms with Crippen LogP contribution in [0.5, 0.6) is 0 Å². The highest BCUT2D eigenvalue weighted by Gasteiger charge is 2.37. The number of carbonyl (C=O) groups is 8. The van der Waals surface area contributed by atoms with Gasteiger partial charge in [-0.05, 0) is 70.1 Å². The van der Waals surface area contributed by atoms with Crippen molar-refractivity contribution in [2.24, 2.45) is 50.5 Å². The molecule has 0 aromatic heterocycles. The average Bonchev–Trinajstić information content (AvgIpc) is 3.67. The van der Waals surface area contributed by atoms with Crippen LogP contribution in [-0.2, 0) is 38.4 Å². The van der Waals surface area contributed by atoms with Gasteiger partial charge in [0.15, 0.2) is 11.9 Å². The molecule has 0 radical (unpaired) electrons. The Morgan fingerprint density at radius 2 is 1.18 bits per heavy atom. The SMILES string of the molecule is CC(C)CC(N)C(=O)NC(C)C(=O)NCC(=O)N1CCCC1C(=O)NC(CCCN=C(N)N)C(=O)NC(CO)C(=O)NC(CC(C)C)C(=O)NC(CCCN=C(N)N)C(=O)O. The Labute approximate surface area is 355 Å². The minimum absolute atomic E-state index is 0.0238. The molecular formula is C37H68N14O10. The van der Waals surface area contributed by atoms with Crippen molar-refractivity contribution in [3.63, 3.8) is 0 Å². The number of hydrogen-bond acceptors (Lipinski definition) is 12. The second-order valence-electron chi connectivity index (χ2n) is 15.7. The van der Waals surface area contributed by atoms with Gasteiger partial charge >= 0.3 is 5.97 Å². The summed E-state index contributed by atoms with van der Waals surface area (Å²) in [5.41, 5.74) is 27.3. The van der Waals surface area contributed by atoms with Gasteiger partial charge in [0.05, 0.1) is 19.2 Å². The van der Waals surface area contributed by atoms with E-state index >= 15 is 0 Å². The van der Waals surface area contributed by atoms with Gasteiger partial charge < -0.3 is 75.7 Å². The molecule has 7 amide bonds. The highest BCUT2D eigenvalue weighted by atomic mass is 16.4. The van der Waals surface area contributed by atoms with E-state index in [-0.39, 0.29) is 81.9 Å². The van der Waals surface area contributed by atoms with Gasteiger partial charge in [0.25, 0.3) is 0 Å². The van der Waals surface area contributed by atoms with E-state index < -0.39 is 103 Å². The smallest absolute Gasteiger partial charge is 0.326 e. The van der Waals surface area contributed by atoms with E-state index in [0.29, 0.717) is 12.8 Å². The van der Waals surface area contributed by atoms with Gasteiger partial charge in [-0.1, -0.05) is 27.7 Å². The first-order valence-corrected chi connectivity index (χ1v) is 20.4. The molecule has 1 aliphatic heterocycles. The first-order valence-electron chi connectivity index (χ1n) is 20.4. The van der Waals surface area contributed by atoms with Crippen molar-refractivity contribution >= 4 is 59.2 Å². The summed E-state index contributed by atoms with van der Waals surface area (Å²) in [6, 6.07) is -8.38. The molecule has 1 aliphatic rings. The second kappa shape index (κ2) is 27.1. The molecule has 0 spiro atoms. The minimum atomic E-state index is -1.62. The predicted octanol–water partition coefficient (Wildman–Crippen LogP) is -4.86. The molecule has 1 fully saturated rings. The molecule has 24 heteroatoms. The van der Waals surface area contributed by atoms with Crippen molar-refractivity contribution in [1.29, 1.82) is 0 Å². The summed E-state index contributed by atoms with van der Waals surface area (Å²) < 4.78 is 0. The zero-order chi connectivity index (χ0) is 46.4. The van der Waals surface area contributed by atoms with Crippen molar-refractivity contribution in [3.8, 4) is 0 Å². The highest BCUT2D eigenvalue weighted by molar-refractivity contribution is 5.97. The maximum absolute atomic E-state index is 13.7. The first kappa shape index (κ1) is 53.2. The van der Waals surface area contributed by atoms with Crippen molar-refractivity contribution in [1.82, 2.24) is 36.8 Å². The number of carbonyl (C=O) groups excluding carboxylic acids is 7. The van der Waals surface area contributed by atoms with E-state index in [0.717, 1.165) is 0 Å². The van der Waals surface area contributed by atoms with Crippen LogP contribution in [0.15, 0.2) is 9.98 Å². The van der Waals surface area contributed by atoms with E-state index in [1.54, 1.807) is 13.8 Å². The maximum Gasteiger partial charge on any atom is 0.326 e. The number of likely N-dealkylation sites (tertiary alicyclic amines) is 1. The van der Waals surface area contributed by atoms with Crippen LogP contribution in [0.4, 0.5) is 0 Å². The van der Waals surface area contributed by atoms with E-state index in [4.69, 9.17) is 28.7 Å². The van der Waals surface area contributed by atoms with Gasteiger partial charge in [-0.25, -0.2) is 4.79 Å². The van der Waals surface area contributed by atoms with Gasteiger partial charge in [-0.15, -0.1) is 0 Å². The number of hydrogen-bond donors (Lipinski definition) is 13. The van der Waals surface area contributed by atoms with Crippen molar-refractivity contribution in [2.45, 2.75) is 128 Å². The summed E-state index contributed by atoms with van der Waals surface area (Å²) in [7, 11) is 0. The lowest BCUT2D eigenvalue weighted by Crippen LogP contribution is -2.59. The van der Waals surface area contributed by atoms with Crippen LogP contribution in [0.25, 0.3) is 0 Å². The third-order valence-corrected chi connectivity index (χ3v) is 9.40. The standard InChI is InChI=1S/C37H68N14O10/c1-19(2)15-22(38)30(55)46-21(5)29(54)45-17-28(53)51-14-8-11-27(51)34(59)47-23(9-6-12-43-36(39)40)31(56)50-26(18-52)33(58)49-25(16-20(3)4)32(57)48-24(35(60)61)10-7-13-44-37(41)42/h19-27,52H,6-18,38H2,1-5H3,(H,45,54)(H,46,55)(H,47,59)(H,48,57)(H,49,58)(H,50,56)(H,60,61)(H4,39,40,43)(H4,41,42,44). The molecule has 0 aliphatic carbocycles. The second-order valence-corrected chi connectivity index (χ2v) is 15.7. The average molecular weight is 869 g/mol. The Morgan fingerprint density at radius 3 is 1.70 bits per heavy atom. The minimum Gasteiger partial charge on any atom is -0.480 e. The maximum atomic E-state index is 13.7. The largest absolute Gasteiger partial charge is 0.480 e. The van der Waals surface area contributed by atoms with Crippen LogP contribution < -0.4 is 60.6 Å². The summed E-state index contributed by atoms with van der Waals surface area (Å²) in [6.07, 6.45) is 1.47. The van der Waals surface area contributed by atoms with E-state index in [1.165, 1.54) is 11.8 Å². The molecule has 7 atom stereocenters. The fourth-order valence-corrected chi connectivity index (χ4v) is 6.27. The monoisotopic (exact) mass is 869 g/mol. The molecule has 346 valence electrons. The molecule has 1 heterocycles. The number of nitrogens with one attached hydrogen (secondary N) is 6. The quantitative estimate of drug-likeness (QED) is 0.0209. The molecule has 61 heavy (non-hydrogen) atoms. The zero-order valence-corrected chi connectivity index (χ0v) is 35.8. The van der Waals surface area contributed by atoms with Crippen LogP contribution in [0, 0.1) is 11.8 Å². The molecule has 7 unspecified atom stereocenters. The van der Waals surface area contributed by atoms with E-state index in [2.05, 4.69) is 41.9 Å². The van der Waals surface area contributed by atoms with Crippen LogP contribution in [0.3, 0.4) is 0 Å². The number of aliphatic hydroxyl groups is 1. The first-order chi connectivity index (χ1) is 28.6. The number of guanidine groups is 2. The number of aliphatic imine (C=N–C) groups is 2. The third-order valence-electron chi connectivity index (χ3n) is 9.40. The van der Waals surface area contributed by atoms with Crippen LogP contribution in [0.1, 0.15) is 86.0 Å². The number of carboxylic acids is 1. The van der Waals surface area contributed by atoms with Crippen molar-refractivity contribution in [2.75, 3.05) is 32.8 Å². The van der Waals surface area contributed by atoms with Gasteiger partial charge in [0.1, 0.15) is 36.3 Å². The van der Waals surface area contributed by atoms with Crippen LogP contribution >= 0.6 is 0 Å². The number of nitrogens with zero attached hydrogens (tertiary/aromatic N) is 3. The Kier molecular flexibility index (Phi) is 23.7. The summed E-state index contributed by atoms with van der Waals surface area (Å²) in [6.45, 7) is 7.73. The Morgan fingerprint density at radius 1 is 0.672 bits per heavy atom. The lowest BCUT2D eigenvalue weighted by atomic mass is 10.0. The number of amides is 7. The number of carboxylic acid groups (broad SMARTS) is 1. The van der Waals surface area contributed by atoms with Crippen molar-refractivity contribution in [3.05, 3.63) is 0 Å². The van der Waals surface area contributed by atoms with Gasteiger partial charge in [-0.3, -0.25) is 43.5 Å². The third kappa shape index (κ3) is 20.4. The number of rotatable bonds is 27. The van der Waals surface area contributed by atoms with Crippen LogP contribution in [-0.4, -0.2) is 149 Å². The molecule has 1 saturated heterocycles. The molecule has 0 bridgehead atoms. The lowest BCUT2D eigenvalue weighted by molar-refractivity contribution is -0.142. The van der Waals surface area contributed by atoms with Gasteiger partial charge in [0.2, 0.25) is 41.4 Å². The Hall–Kier alpha value is -5.78. The number of aliphatic hydroxyl groups excluding tert-OH is 1. The summed E-state index contributed by atoms with van der Waals surface area (Å²) in [5, 5.41) is 34.7. The lowest BCUT2D eigenvalue weighted by Gasteiger charge is -2.28. The van der Waals surface area contributed by atoms with Crippen molar-refractivity contribution < 1.29 is 48.6 Å². The molecule has 0 aromatic rings. The summed E-state index contributed by atoms with van der Waals surface area (Å²) >= 11 is 0. The Balaban J connectivity index is 3.08. The number of nitrogens with two attached hydrogens (primary N) is 5. The fourth-order valence-electron chi connectivity index (χ4n) is 6.27. The topological polar surface area (TPSA) is 407 Å². The highest BCUT2D eigenvalue weighted by Crippen LogP contribution is 2.18. The normalized spacial score (nSPS) is 16.5. The molecule has 24 nitrogen and oxygen atoms in total. The molecule has 0 aromatic carbocycles. The van der Waals surface area contributed by atoms with Crippen LogP contribution in [0.2, 0.25) is 0 Å². The molecule has 1 rings (SSSR count). The zero-order valence-electron chi connectivity index (χ0n) is 35.8. The van der Waals surface area contributed by atoms with E-state index in [1.807, 2.05) is 13.8 Å².